The van der Waals surface area contributed by atoms with Gasteiger partial charge in [-0.05, 0) is 37.5 Å². The predicted octanol–water partition coefficient (Wildman–Crippen LogP) is 2.16. The summed E-state index contributed by atoms with van der Waals surface area (Å²) in [4.78, 5) is 25.7. The fourth-order valence-corrected chi connectivity index (χ4v) is 3.06. The minimum atomic E-state index is -0.430. The lowest BCUT2D eigenvalue weighted by molar-refractivity contribution is -0.128. The Kier molecular flexibility index (Phi) is 5.42. The van der Waals surface area contributed by atoms with Crippen molar-refractivity contribution in [3.05, 3.63) is 29.8 Å². The molecular formula is C18H27N3O2. The summed E-state index contributed by atoms with van der Waals surface area (Å²) in [7, 11) is 3.48. The minimum Gasteiger partial charge on any atom is -0.349 e. The molecular weight excluding hydrogens is 290 g/mol. The molecule has 2 unspecified atom stereocenters. The molecule has 23 heavy (non-hydrogen) atoms. The maximum Gasteiger partial charge on any atom is 0.229 e. The Hall–Kier alpha value is -1.88. The van der Waals surface area contributed by atoms with E-state index in [1.165, 1.54) is 0 Å². The van der Waals surface area contributed by atoms with E-state index in [9.17, 15) is 9.59 Å². The van der Waals surface area contributed by atoms with Crippen molar-refractivity contribution in [1.82, 2.24) is 4.90 Å². The van der Waals surface area contributed by atoms with E-state index < -0.39 is 5.54 Å². The molecule has 5 nitrogen and oxygen atoms in total. The summed E-state index contributed by atoms with van der Waals surface area (Å²) in [5.74, 6) is -0.0963. The second kappa shape index (κ2) is 7.13. The Bertz CT molecular complexity index is 564. The Morgan fingerprint density at radius 1 is 1.26 bits per heavy atom. The van der Waals surface area contributed by atoms with Crippen LogP contribution in [-0.2, 0) is 16.0 Å². The van der Waals surface area contributed by atoms with Crippen LogP contribution in [0.25, 0.3) is 0 Å². The van der Waals surface area contributed by atoms with Crippen molar-refractivity contribution in [2.24, 2.45) is 11.7 Å². The average Bonchev–Trinajstić information content (AvgIpc) is 2.48. The SMILES string of the molecule is CN(C)C(=O)Cc1ccc(NC(=O)C2CCCCC2(C)N)cc1. The van der Waals surface area contributed by atoms with Crippen molar-refractivity contribution in [2.75, 3.05) is 19.4 Å². The smallest absolute Gasteiger partial charge is 0.229 e. The van der Waals surface area contributed by atoms with E-state index in [4.69, 9.17) is 5.73 Å². The van der Waals surface area contributed by atoms with E-state index in [-0.39, 0.29) is 17.7 Å². The molecule has 0 heterocycles. The fraction of sp³-hybridized carbons (Fsp3) is 0.556. The van der Waals surface area contributed by atoms with Crippen molar-refractivity contribution < 1.29 is 9.59 Å². The summed E-state index contributed by atoms with van der Waals surface area (Å²) in [6, 6.07) is 7.43. The van der Waals surface area contributed by atoms with E-state index in [2.05, 4.69) is 5.32 Å². The summed E-state index contributed by atoms with van der Waals surface area (Å²) in [5, 5.41) is 2.96. The molecule has 126 valence electrons. The Morgan fingerprint density at radius 3 is 2.48 bits per heavy atom. The van der Waals surface area contributed by atoms with Crippen LogP contribution in [0.4, 0.5) is 5.69 Å². The van der Waals surface area contributed by atoms with Crippen LogP contribution in [0.1, 0.15) is 38.2 Å². The predicted molar refractivity (Wildman–Crippen MR) is 92.0 cm³/mol. The monoisotopic (exact) mass is 317 g/mol. The molecule has 2 rings (SSSR count). The topological polar surface area (TPSA) is 75.4 Å². The molecule has 1 fully saturated rings. The van der Waals surface area contributed by atoms with Gasteiger partial charge in [0.05, 0.1) is 12.3 Å². The molecule has 0 radical (unpaired) electrons. The van der Waals surface area contributed by atoms with Gasteiger partial charge in [-0.25, -0.2) is 0 Å². The molecule has 1 aliphatic rings. The number of nitrogens with one attached hydrogen (secondary N) is 1. The van der Waals surface area contributed by atoms with E-state index in [1.807, 2.05) is 31.2 Å². The fourth-order valence-electron chi connectivity index (χ4n) is 3.06. The van der Waals surface area contributed by atoms with Crippen LogP contribution >= 0.6 is 0 Å². The molecule has 0 saturated heterocycles. The van der Waals surface area contributed by atoms with E-state index >= 15 is 0 Å². The molecule has 1 aromatic carbocycles. The van der Waals surface area contributed by atoms with Crippen LogP contribution in [0.3, 0.4) is 0 Å². The van der Waals surface area contributed by atoms with Crippen LogP contribution in [0.5, 0.6) is 0 Å². The van der Waals surface area contributed by atoms with Crippen LogP contribution in [0.2, 0.25) is 0 Å². The Morgan fingerprint density at radius 2 is 1.91 bits per heavy atom. The molecule has 0 bridgehead atoms. The van der Waals surface area contributed by atoms with Gasteiger partial charge in [0.25, 0.3) is 0 Å². The maximum atomic E-state index is 12.5. The number of amides is 2. The number of carbonyl (C=O) groups excluding carboxylic acids is 2. The molecule has 2 atom stereocenters. The highest BCUT2D eigenvalue weighted by Crippen LogP contribution is 2.32. The zero-order chi connectivity index (χ0) is 17.0. The Labute approximate surface area is 138 Å². The van der Waals surface area contributed by atoms with Gasteiger partial charge in [0.2, 0.25) is 11.8 Å². The molecule has 1 aromatic rings. The van der Waals surface area contributed by atoms with Crippen LogP contribution in [-0.4, -0.2) is 36.3 Å². The third-order valence-electron chi connectivity index (χ3n) is 4.65. The van der Waals surface area contributed by atoms with Gasteiger partial charge < -0.3 is 16.0 Å². The Balaban J connectivity index is 1.97. The van der Waals surface area contributed by atoms with Gasteiger partial charge in [0.15, 0.2) is 0 Å². The second-order valence-electron chi connectivity index (χ2n) is 6.96. The molecule has 1 aliphatic carbocycles. The summed E-state index contributed by atoms with van der Waals surface area (Å²) in [5.41, 5.74) is 7.53. The van der Waals surface area contributed by atoms with Gasteiger partial charge in [-0.1, -0.05) is 25.0 Å². The number of likely N-dealkylation sites (N-methyl/N-ethyl adjacent to an activating group) is 1. The highest BCUT2D eigenvalue weighted by Gasteiger charge is 2.37. The van der Waals surface area contributed by atoms with Gasteiger partial charge >= 0.3 is 0 Å². The summed E-state index contributed by atoms with van der Waals surface area (Å²) in [6.45, 7) is 1.96. The number of hydrogen-bond acceptors (Lipinski definition) is 3. The van der Waals surface area contributed by atoms with Crippen LogP contribution in [0.15, 0.2) is 24.3 Å². The second-order valence-corrected chi connectivity index (χ2v) is 6.96. The first kappa shape index (κ1) is 17.5. The first-order valence-electron chi connectivity index (χ1n) is 8.18. The van der Waals surface area contributed by atoms with Crippen molar-refractivity contribution in [2.45, 2.75) is 44.6 Å². The molecule has 2 amide bonds. The first-order chi connectivity index (χ1) is 10.8. The number of carbonyl (C=O) groups is 2. The highest BCUT2D eigenvalue weighted by molar-refractivity contribution is 5.93. The molecule has 0 spiro atoms. The van der Waals surface area contributed by atoms with Gasteiger partial charge in [0.1, 0.15) is 0 Å². The van der Waals surface area contributed by atoms with E-state index in [0.717, 1.165) is 36.9 Å². The van der Waals surface area contributed by atoms with Gasteiger partial charge in [-0.15, -0.1) is 0 Å². The maximum absolute atomic E-state index is 12.5. The summed E-state index contributed by atoms with van der Waals surface area (Å²) in [6.07, 6.45) is 4.23. The number of hydrogen-bond donors (Lipinski definition) is 2. The van der Waals surface area contributed by atoms with Crippen LogP contribution in [0, 0.1) is 5.92 Å². The minimum absolute atomic E-state index is 0.00758. The number of anilines is 1. The van der Waals surface area contributed by atoms with Crippen LogP contribution < -0.4 is 11.1 Å². The lowest BCUT2D eigenvalue weighted by atomic mass is 9.74. The third-order valence-corrected chi connectivity index (χ3v) is 4.65. The van der Waals surface area contributed by atoms with Gasteiger partial charge in [0, 0.05) is 25.3 Å². The lowest BCUT2D eigenvalue weighted by Gasteiger charge is -2.37. The number of nitrogens with zero attached hydrogens (tertiary/aromatic N) is 1. The molecule has 5 heteroatoms. The zero-order valence-corrected chi connectivity index (χ0v) is 14.3. The summed E-state index contributed by atoms with van der Waals surface area (Å²) < 4.78 is 0. The quantitative estimate of drug-likeness (QED) is 0.893. The number of nitrogens with two attached hydrogens (primary N) is 1. The van der Waals surface area contributed by atoms with Crippen molar-refractivity contribution in [3.63, 3.8) is 0 Å². The first-order valence-corrected chi connectivity index (χ1v) is 8.18. The van der Waals surface area contributed by atoms with Crippen molar-refractivity contribution >= 4 is 17.5 Å². The lowest BCUT2D eigenvalue weighted by Crippen LogP contribution is -2.51. The standard InChI is InChI=1S/C18H27N3O2/c1-18(19)11-5-4-6-15(18)17(23)20-14-9-7-13(8-10-14)12-16(22)21(2)3/h7-10,15H,4-6,11-12,19H2,1-3H3,(H,20,23). The molecule has 0 aromatic heterocycles. The van der Waals surface area contributed by atoms with Crippen molar-refractivity contribution in [1.29, 1.82) is 0 Å². The third kappa shape index (κ3) is 4.55. The van der Waals surface area contributed by atoms with Crippen molar-refractivity contribution in [3.8, 4) is 0 Å². The highest BCUT2D eigenvalue weighted by atomic mass is 16.2. The normalized spacial score (nSPS) is 24.1. The largest absolute Gasteiger partial charge is 0.349 e. The molecule has 1 saturated carbocycles. The average molecular weight is 317 g/mol. The van der Waals surface area contributed by atoms with E-state index in [1.54, 1.807) is 19.0 Å². The molecule has 3 N–H and O–H groups in total. The summed E-state index contributed by atoms with van der Waals surface area (Å²) >= 11 is 0. The number of benzene rings is 1. The van der Waals surface area contributed by atoms with Gasteiger partial charge in [-0.2, -0.15) is 0 Å². The van der Waals surface area contributed by atoms with Gasteiger partial charge in [-0.3, -0.25) is 9.59 Å². The number of rotatable bonds is 4. The zero-order valence-electron chi connectivity index (χ0n) is 14.3. The molecule has 0 aliphatic heterocycles. The van der Waals surface area contributed by atoms with E-state index in [0.29, 0.717) is 6.42 Å².